The molecule has 3 nitrogen and oxygen atoms in total. The summed E-state index contributed by atoms with van der Waals surface area (Å²) >= 11 is 0. The van der Waals surface area contributed by atoms with Crippen molar-refractivity contribution in [2.24, 2.45) is 5.92 Å². The molecule has 0 aliphatic heterocycles. The van der Waals surface area contributed by atoms with Gasteiger partial charge < -0.3 is 10.4 Å². The van der Waals surface area contributed by atoms with Gasteiger partial charge in [0, 0.05) is 6.04 Å². The van der Waals surface area contributed by atoms with E-state index in [-0.39, 0.29) is 12.4 Å². The van der Waals surface area contributed by atoms with E-state index in [1.54, 1.807) is 6.92 Å². The number of rotatable bonds is 3. The van der Waals surface area contributed by atoms with E-state index < -0.39 is 12.0 Å². The lowest BCUT2D eigenvalue weighted by atomic mass is 9.87. The van der Waals surface area contributed by atoms with E-state index in [1.165, 1.54) is 12.8 Å². The number of aliphatic carboxylic acids is 1. The minimum atomic E-state index is -0.751. The van der Waals surface area contributed by atoms with E-state index in [2.05, 4.69) is 12.2 Å². The van der Waals surface area contributed by atoms with Crippen LogP contribution in [0.25, 0.3) is 0 Å². The van der Waals surface area contributed by atoms with Crippen molar-refractivity contribution in [2.45, 2.75) is 51.6 Å². The number of hydrogen-bond donors (Lipinski definition) is 2. The molecule has 0 bridgehead atoms. The summed E-state index contributed by atoms with van der Waals surface area (Å²) < 4.78 is 0. The minimum Gasteiger partial charge on any atom is -0.480 e. The fourth-order valence-corrected chi connectivity index (χ4v) is 1.85. The number of carbonyl (C=O) groups is 1. The van der Waals surface area contributed by atoms with Gasteiger partial charge >= 0.3 is 5.97 Å². The highest BCUT2D eigenvalue weighted by Gasteiger charge is 2.21. The zero-order valence-electron chi connectivity index (χ0n) is 8.82. The van der Waals surface area contributed by atoms with Crippen LogP contribution >= 0.6 is 12.4 Å². The van der Waals surface area contributed by atoms with Gasteiger partial charge in [-0.25, -0.2) is 0 Å². The van der Waals surface area contributed by atoms with E-state index in [0.29, 0.717) is 6.04 Å². The molecular weight excluding hydrogens is 202 g/mol. The first-order valence-electron chi connectivity index (χ1n) is 5.08. The molecule has 14 heavy (non-hydrogen) atoms. The maximum Gasteiger partial charge on any atom is 0.320 e. The molecule has 2 N–H and O–H groups in total. The second-order valence-electron chi connectivity index (χ2n) is 4.18. The monoisotopic (exact) mass is 221 g/mol. The maximum atomic E-state index is 10.6. The van der Waals surface area contributed by atoms with Crippen LogP contribution in [0.5, 0.6) is 0 Å². The Labute approximate surface area is 91.7 Å². The highest BCUT2D eigenvalue weighted by atomic mass is 35.5. The molecule has 0 unspecified atom stereocenters. The first-order valence-corrected chi connectivity index (χ1v) is 5.08. The maximum absolute atomic E-state index is 10.6. The second-order valence-corrected chi connectivity index (χ2v) is 4.18. The van der Waals surface area contributed by atoms with Crippen LogP contribution in [0.1, 0.15) is 39.5 Å². The Hall–Kier alpha value is -0.280. The molecule has 0 aromatic carbocycles. The molecule has 0 aromatic rings. The number of nitrogens with one attached hydrogen (secondary N) is 1. The van der Waals surface area contributed by atoms with Crippen LogP contribution in [0.2, 0.25) is 0 Å². The Balaban J connectivity index is 0.00000169. The predicted octanol–water partition coefficient (Wildman–Crippen LogP) is 2.05. The molecule has 0 radical (unpaired) electrons. The summed E-state index contributed by atoms with van der Waals surface area (Å²) in [4.78, 5) is 10.6. The van der Waals surface area contributed by atoms with Crippen LogP contribution in [0.4, 0.5) is 0 Å². The van der Waals surface area contributed by atoms with Gasteiger partial charge in [-0.15, -0.1) is 12.4 Å². The third kappa shape index (κ3) is 4.29. The molecule has 1 saturated carbocycles. The minimum absolute atomic E-state index is 0. The molecule has 84 valence electrons. The predicted molar refractivity (Wildman–Crippen MR) is 58.9 cm³/mol. The van der Waals surface area contributed by atoms with Crippen molar-refractivity contribution in [3.8, 4) is 0 Å². The zero-order valence-corrected chi connectivity index (χ0v) is 9.64. The van der Waals surface area contributed by atoms with Crippen LogP contribution in [-0.4, -0.2) is 23.2 Å². The van der Waals surface area contributed by atoms with Crippen LogP contribution < -0.4 is 5.32 Å². The van der Waals surface area contributed by atoms with E-state index >= 15 is 0 Å². The number of halogens is 1. The average molecular weight is 222 g/mol. The second kappa shape index (κ2) is 6.25. The van der Waals surface area contributed by atoms with E-state index in [0.717, 1.165) is 18.8 Å². The molecule has 0 saturated heterocycles. The van der Waals surface area contributed by atoms with Crippen LogP contribution in [0.3, 0.4) is 0 Å². The summed E-state index contributed by atoms with van der Waals surface area (Å²) in [5, 5.41) is 11.8. The Morgan fingerprint density at radius 1 is 1.36 bits per heavy atom. The van der Waals surface area contributed by atoms with Crippen molar-refractivity contribution in [3.05, 3.63) is 0 Å². The van der Waals surface area contributed by atoms with Crippen molar-refractivity contribution in [3.63, 3.8) is 0 Å². The first kappa shape index (κ1) is 13.7. The van der Waals surface area contributed by atoms with Gasteiger partial charge in [-0.2, -0.15) is 0 Å². The summed E-state index contributed by atoms with van der Waals surface area (Å²) in [6, 6.07) is 0.0145. The Bertz CT molecular complexity index is 179. The van der Waals surface area contributed by atoms with Crippen molar-refractivity contribution in [1.82, 2.24) is 5.32 Å². The molecule has 1 aliphatic rings. The molecule has 0 spiro atoms. The van der Waals surface area contributed by atoms with E-state index in [4.69, 9.17) is 5.11 Å². The first-order chi connectivity index (χ1) is 6.09. The van der Waals surface area contributed by atoms with Gasteiger partial charge in [-0.1, -0.05) is 6.92 Å². The molecule has 1 rings (SSSR count). The SMILES string of the molecule is CC1CCC(N[C@@H](C)C(=O)O)CC1.Cl. The van der Waals surface area contributed by atoms with Gasteiger partial charge in [0.25, 0.3) is 0 Å². The highest BCUT2D eigenvalue weighted by Crippen LogP contribution is 2.23. The van der Waals surface area contributed by atoms with E-state index in [1.807, 2.05) is 0 Å². The molecule has 1 fully saturated rings. The summed E-state index contributed by atoms with van der Waals surface area (Å²) in [6.45, 7) is 3.97. The Morgan fingerprint density at radius 2 is 1.86 bits per heavy atom. The van der Waals surface area contributed by atoms with Gasteiger partial charge in [0.1, 0.15) is 6.04 Å². The van der Waals surface area contributed by atoms with Crippen molar-refractivity contribution >= 4 is 18.4 Å². The third-order valence-corrected chi connectivity index (χ3v) is 2.87. The molecule has 0 aromatic heterocycles. The lowest BCUT2D eigenvalue weighted by Crippen LogP contribution is -2.42. The standard InChI is InChI=1S/C10H19NO2.ClH/c1-7-3-5-9(6-4-7)11-8(2)10(12)13;/h7-9,11H,3-6H2,1-2H3,(H,12,13);1H/t7?,8-,9?;/m0./s1. The van der Waals surface area contributed by atoms with Gasteiger partial charge in [0.05, 0.1) is 0 Å². The summed E-state index contributed by atoms with van der Waals surface area (Å²) in [6.07, 6.45) is 4.70. The normalized spacial score (nSPS) is 29.0. The summed E-state index contributed by atoms with van der Waals surface area (Å²) in [7, 11) is 0. The van der Waals surface area contributed by atoms with Gasteiger partial charge in [-0.3, -0.25) is 4.79 Å². The molecule has 1 atom stereocenters. The van der Waals surface area contributed by atoms with Gasteiger partial charge in [0.15, 0.2) is 0 Å². The topological polar surface area (TPSA) is 49.3 Å². The zero-order chi connectivity index (χ0) is 9.84. The largest absolute Gasteiger partial charge is 0.480 e. The molecule has 1 aliphatic carbocycles. The number of hydrogen-bond acceptors (Lipinski definition) is 2. The fourth-order valence-electron chi connectivity index (χ4n) is 1.85. The highest BCUT2D eigenvalue weighted by molar-refractivity contribution is 5.85. The van der Waals surface area contributed by atoms with Crippen LogP contribution in [0.15, 0.2) is 0 Å². The van der Waals surface area contributed by atoms with Gasteiger partial charge in [-0.05, 0) is 38.5 Å². The Morgan fingerprint density at radius 3 is 2.29 bits per heavy atom. The van der Waals surface area contributed by atoms with Gasteiger partial charge in [0.2, 0.25) is 0 Å². The van der Waals surface area contributed by atoms with E-state index in [9.17, 15) is 4.79 Å². The summed E-state index contributed by atoms with van der Waals surface area (Å²) in [5.74, 6) is 0.0665. The number of carboxylic acid groups (broad SMARTS) is 1. The molecule has 4 heteroatoms. The Kier molecular flexibility index (Phi) is 6.12. The smallest absolute Gasteiger partial charge is 0.320 e. The van der Waals surface area contributed by atoms with Crippen molar-refractivity contribution in [1.29, 1.82) is 0 Å². The molecule has 0 heterocycles. The summed E-state index contributed by atoms with van der Waals surface area (Å²) in [5.41, 5.74) is 0. The lowest BCUT2D eigenvalue weighted by molar-refractivity contribution is -0.139. The number of carboxylic acids is 1. The van der Waals surface area contributed by atoms with Crippen molar-refractivity contribution < 1.29 is 9.90 Å². The fraction of sp³-hybridized carbons (Fsp3) is 0.900. The quantitative estimate of drug-likeness (QED) is 0.767. The molecule has 0 amide bonds. The average Bonchev–Trinajstić information content (AvgIpc) is 2.08. The van der Waals surface area contributed by atoms with Crippen LogP contribution in [-0.2, 0) is 4.79 Å². The lowest BCUT2D eigenvalue weighted by Gasteiger charge is -2.28. The van der Waals surface area contributed by atoms with Crippen LogP contribution in [0, 0.1) is 5.92 Å². The third-order valence-electron chi connectivity index (χ3n) is 2.87. The van der Waals surface area contributed by atoms with Crippen molar-refractivity contribution in [2.75, 3.05) is 0 Å². The molecular formula is C10H20ClNO2.